The third kappa shape index (κ3) is 3.32. The zero-order valence-electron chi connectivity index (χ0n) is 10.2. The van der Waals surface area contributed by atoms with Crippen LogP contribution in [0.1, 0.15) is 31.2 Å². The summed E-state index contributed by atoms with van der Waals surface area (Å²) in [4.78, 5) is 0. The van der Waals surface area contributed by atoms with Crippen LogP contribution in [0.3, 0.4) is 0 Å². The highest BCUT2D eigenvalue weighted by Crippen LogP contribution is 2.29. The maximum absolute atomic E-state index is 12.0. The van der Waals surface area contributed by atoms with Gasteiger partial charge in [-0.05, 0) is 48.6 Å². The Morgan fingerprint density at radius 3 is 2.72 bits per heavy atom. The van der Waals surface area contributed by atoms with Crippen LogP contribution in [0.5, 0.6) is 0 Å². The Bertz CT molecular complexity index is 516. The van der Waals surface area contributed by atoms with E-state index >= 15 is 0 Å². The molecule has 3 rings (SSSR count). The summed E-state index contributed by atoms with van der Waals surface area (Å²) in [7, 11) is -3.28. The lowest BCUT2D eigenvalue weighted by Gasteiger charge is -2.02. The van der Waals surface area contributed by atoms with Gasteiger partial charge in [-0.3, -0.25) is 0 Å². The van der Waals surface area contributed by atoms with Gasteiger partial charge < -0.3 is 5.32 Å². The molecule has 0 aromatic carbocycles. The Balaban J connectivity index is 1.58. The lowest BCUT2D eigenvalue weighted by Crippen LogP contribution is -2.25. The van der Waals surface area contributed by atoms with Gasteiger partial charge in [0.2, 0.25) is 10.0 Å². The molecule has 0 radical (unpaired) electrons. The molecule has 2 aliphatic carbocycles. The van der Waals surface area contributed by atoms with Crippen molar-refractivity contribution < 1.29 is 8.42 Å². The average molecular weight is 286 g/mol. The second-order valence-corrected chi connectivity index (χ2v) is 8.13. The predicted molar refractivity (Wildman–Crippen MR) is 72.1 cm³/mol. The fraction of sp³-hybridized carbons (Fsp3) is 0.667. The first-order valence-electron chi connectivity index (χ1n) is 6.44. The van der Waals surface area contributed by atoms with Crippen LogP contribution in [0.4, 0.5) is 0 Å². The van der Waals surface area contributed by atoms with Crippen molar-refractivity contribution >= 4 is 21.4 Å². The predicted octanol–water partition coefficient (Wildman–Crippen LogP) is 1.69. The summed E-state index contributed by atoms with van der Waals surface area (Å²) < 4.78 is 27.1. The summed E-state index contributed by atoms with van der Waals surface area (Å²) in [5.74, 6) is 0.566. The molecule has 6 heteroatoms. The third-order valence-electron chi connectivity index (χ3n) is 3.33. The first-order valence-corrected chi connectivity index (χ1v) is 8.80. The number of rotatable bonds is 7. The molecule has 1 aromatic heterocycles. The SMILES string of the molecule is O=S(=O)(NCC1CC1)c1cc(CNC2CC2)cs1. The molecule has 18 heavy (non-hydrogen) atoms. The van der Waals surface area contributed by atoms with Crippen molar-refractivity contribution in [1.29, 1.82) is 0 Å². The molecule has 4 nitrogen and oxygen atoms in total. The van der Waals surface area contributed by atoms with Crippen LogP contribution in [-0.4, -0.2) is 21.0 Å². The fourth-order valence-corrected chi connectivity index (χ4v) is 4.13. The molecular weight excluding hydrogens is 268 g/mol. The fourth-order valence-electron chi connectivity index (χ4n) is 1.76. The summed E-state index contributed by atoms with van der Waals surface area (Å²) >= 11 is 1.31. The summed E-state index contributed by atoms with van der Waals surface area (Å²) in [5.41, 5.74) is 1.07. The van der Waals surface area contributed by atoms with Crippen molar-refractivity contribution in [2.75, 3.05) is 6.54 Å². The van der Waals surface area contributed by atoms with E-state index in [0.29, 0.717) is 22.7 Å². The van der Waals surface area contributed by atoms with Gasteiger partial charge in [0, 0.05) is 19.1 Å². The number of hydrogen-bond donors (Lipinski definition) is 2. The molecule has 2 N–H and O–H groups in total. The summed E-state index contributed by atoms with van der Waals surface area (Å²) in [6, 6.07) is 2.44. The van der Waals surface area contributed by atoms with Crippen LogP contribution in [0.25, 0.3) is 0 Å². The molecule has 0 aliphatic heterocycles. The molecule has 2 saturated carbocycles. The van der Waals surface area contributed by atoms with Crippen molar-refractivity contribution in [2.45, 2.75) is 42.5 Å². The minimum Gasteiger partial charge on any atom is -0.310 e. The minimum absolute atomic E-state index is 0.441. The molecule has 1 heterocycles. The van der Waals surface area contributed by atoms with E-state index in [0.717, 1.165) is 24.9 Å². The standard InChI is InChI=1S/C12H18N2O2S2/c15-18(16,14-7-9-1-2-9)12-5-10(8-17-12)6-13-11-3-4-11/h5,8-9,11,13-14H,1-4,6-7H2. The molecule has 0 amide bonds. The van der Waals surface area contributed by atoms with Gasteiger partial charge in [0.1, 0.15) is 4.21 Å². The van der Waals surface area contributed by atoms with Crippen LogP contribution >= 0.6 is 11.3 Å². The summed E-state index contributed by atoms with van der Waals surface area (Å²) in [5, 5.41) is 5.32. The van der Waals surface area contributed by atoms with Crippen molar-refractivity contribution in [1.82, 2.24) is 10.0 Å². The van der Waals surface area contributed by atoms with Gasteiger partial charge >= 0.3 is 0 Å². The Morgan fingerprint density at radius 2 is 2.06 bits per heavy atom. The maximum Gasteiger partial charge on any atom is 0.250 e. The van der Waals surface area contributed by atoms with E-state index in [-0.39, 0.29) is 0 Å². The van der Waals surface area contributed by atoms with Gasteiger partial charge in [-0.15, -0.1) is 11.3 Å². The van der Waals surface area contributed by atoms with Gasteiger partial charge in [-0.2, -0.15) is 0 Å². The molecular formula is C12H18N2O2S2. The lowest BCUT2D eigenvalue weighted by atomic mass is 10.3. The highest BCUT2D eigenvalue weighted by Gasteiger charge is 2.25. The van der Waals surface area contributed by atoms with E-state index in [1.54, 1.807) is 6.07 Å². The van der Waals surface area contributed by atoms with E-state index in [9.17, 15) is 8.42 Å². The second kappa shape index (κ2) is 4.92. The van der Waals surface area contributed by atoms with Gasteiger partial charge in [-0.1, -0.05) is 0 Å². The van der Waals surface area contributed by atoms with E-state index in [4.69, 9.17) is 0 Å². The second-order valence-electron chi connectivity index (χ2n) is 5.22. The van der Waals surface area contributed by atoms with Crippen LogP contribution in [0.2, 0.25) is 0 Å². The van der Waals surface area contributed by atoms with E-state index in [2.05, 4.69) is 10.0 Å². The maximum atomic E-state index is 12.0. The Kier molecular flexibility index (Phi) is 3.44. The van der Waals surface area contributed by atoms with Gasteiger partial charge in [0.25, 0.3) is 0 Å². The normalized spacial score (nSPS) is 20.2. The molecule has 0 saturated heterocycles. The lowest BCUT2D eigenvalue weighted by molar-refractivity contribution is 0.579. The molecule has 100 valence electrons. The first kappa shape index (κ1) is 12.6. The summed E-state index contributed by atoms with van der Waals surface area (Å²) in [6.45, 7) is 1.37. The minimum atomic E-state index is -3.28. The molecule has 1 aromatic rings. The smallest absolute Gasteiger partial charge is 0.250 e. The van der Waals surface area contributed by atoms with E-state index in [1.807, 2.05) is 5.38 Å². The van der Waals surface area contributed by atoms with Gasteiger partial charge in [0.05, 0.1) is 0 Å². The van der Waals surface area contributed by atoms with Crippen LogP contribution < -0.4 is 10.0 Å². The van der Waals surface area contributed by atoms with Gasteiger partial charge in [0.15, 0.2) is 0 Å². The monoisotopic (exact) mass is 286 g/mol. The molecule has 0 unspecified atom stereocenters. The van der Waals surface area contributed by atoms with E-state index in [1.165, 1.54) is 24.2 Å². The zero-order chi connectivity index (χ0) is 12.6. The number of thiophene rings is 1. The zero-order valence-corrected chi connectivity index (χ0v) is 11.8. The number of hydrogen-bond acceptors (Lipinski definition) is 4. The third-order valence-corrected chi connectivity index (χ3v) is 6.24. The Hall–Kier alpha value is -0.430. The largest absolute Gasteiger partial charge is 0.310 e. The number of sulfonamides is 1. The van der Waals surface area contributed by atoms with Crippen molar-refractivity contribution in [3.63, 3.8) is 0 Å². The van der Waals surface area contributed by atoms with Crippen LogP contribution in [0.15, 0.2) is 15.7 Å². The van der Waals surface area contributed by atoms with Crippen molar-refractivity contribution in [3.8, 4) is 0 Å². The van der Waals surface area contributed by atoms with Crippen LogP contribution in [-0.2, 0) is 16.6 Å². The highest BCUT2D eigenvalue weighted by atomic mass is 32.2. The van der Waals surface area contributed by atoms with Crippen molar-refractivity contribution in [3.05, 3.63) is 17.0 Å². The molecule has 0 bridgehead atoms. The quantitative estimate of drug-likeness (QED) is 0.802. The Labute approximate surface area is 112 Å². The number of nitrogens with one attached hydrogen (secondary N) is 2. The van der Waals surface area contributed by atoms with E-state index < -0.39 is 10.0 Å². The topological polar surface area (TPSA) is 58.2 Å². The molecule has 2 aliphatic rings. The molecule has 0 atom stereocenters. The average Bonchev–Trinajstić information content (AvgIpc) is 3.25. The van der Waals surface area contributed by atoms with Gasteiger partial charge in [-0.25, -0.2) is 13.1 Å². The summed E-state index contributed by atoms with van der Waals surface area (Å²) in [6.07, 6.45) is 4.81. The molecule has 2 fully saturated rings. The first-order chi connectivity index (χ1) is 8.63. The Morgan fingerprint density at radius 1 is 1.28 bits per heavy atom. The molecule has 0 spiro atoms. The van der Waals surface area contributed by atoms with Crippen LogP contribution in [0, 0.1) is 5.92 Å². The highest BCUT2D eigenvalue weighted by molar-refractivity contribution is 7.91. The van der Waals surface area contributed by atoms with Crippen molar-refractivity contribution in [2.24, 2.45) is 5.92 Å².